The molecule has 0 radical (unpaired) electrons. The molecule has 21 heavy (non-hydrogen) atoms. The molecule has 1 atom stereocenters. The Balaban J connectivity index is 2.06. The lowest BCUT2D eigenvalue weighted by atomic mass is 10.1. The lowest BCUT2D eigenvalue weighted by Gasteiger charge is -2.16. The Hall–Kier alpha value is -1.33. The summed E-state index contributed by atoms with van der Waals surface area (Å²) in [4.78, 5) is 2.44. The Morgan fingerprint density at radius 3 is 2.48 bits per heavy atom. The van der Waals surface area contributed by atoms with E-state index in [1.54, 1.807) is 17.4 Å². The summed E-state index contributed by atoms with van der Waals surface area (Å²) in [5.74, 6) is 0. The van der Waals surface area contributed by atoms with Crippen LogP contribution in [0.1, 0.15) is 40.8 Å². The van der Waals surface area contributed by atoms with Gasteiger partial charge in [-0.15, -0.1) is 11.3 Å². The van der Waals surface area contributed by atoms with Gasteiger partial charge in [-0.05, 0) is 37.1 Å². The molecule has 0 aliphatic rings. The van der Waals surface area contributed by atoms with Gasteiger partial charge in [-0.1, -0.05) is 25.1 Å². The molecule has 5 heteroatoms. The summed E-state index contributed by atoms with van der Waals surface area (Å²) in [5.41, 5.74) is -0.283. The fourth-order valence-electron chi connectivity index (χ4n) is 2.13. The number of thiophene rings is 1. The first kappa shape index (κ1) is 16.0. The highest BCUT2D eigenvalue weighted by atomic mass is 32.1. The van der Waals surface area contributed by atoms with Gasteiger partial charge >= 0.3 is 6.18 Å². The largest absolute Gasteiger partial charge is 0.416 e. The normalized spacial score (nSPS) is 13.4. The van der Waals surface area contributed by atoms with Gasteiger partial charge in [-0.3, -0.25) is 0 Å². The highest BCUT2D eigenvalue weighted by Crippen LogP contribution is 2.32. The molecule has 0 spiro atoms. The summed E-state index contributed by atoms with van der Waals surface area (Å²) in [7, 11) is 0. The Kier molecular flexibility index (Phi) is 5.06. The summed E-state index contributed by atoms with van der Waals surface area (Å²) < 4.78 is 38.8. The van der Waals surface area contributed by atoms with Gasteiger partial charge in [-0.25, -0.2) is 0 Å². The number of nitrogens with one attached hydrogen (secondary N) is 1. The minimum atomic E-state index is -4.31. The fourth-order valence-corrected chi connectivity index (χ4v) is 3.11. The topological polar surface area (TPSA) is 12.0 Å². The Morgan fingerprint density at radius 1 is 1.14 bits per heavy atom. The van der Waals surface area contributed by atoms with E-state index < -0.39 is 11.7 Å². The molecule has 0 aliphatic heterocycles. The Labute approximate surface area is 126 Å². The standard InChI is InChI=1S/C16H18F3NS/c1-3-13-8-9-15(21-13)11(2)20-10-12-6-4-5-7-14(12)16(17,18)19/h4-9,11,20H,3,10H2,1-2H3. The zero-order chi connectivity index (χ0) is 15.5. The van der Waals surface area contributed by atoms with E-state index in [0.717, 1.165) is 17.4 Å². The number of benzene rings is 1. The van der Waals surface area contributed by atoms with Gasteiger partial charge < -0.3 is 5.32 Å². The molecular weight excluding hydrogens is 295 g/mol. The second-order valence-electron chi connectivity index (χ2n) is 4.92. The lowest BCUT2D eigenvalue weighted by molar-refractivity contribution is -0.138. The number of hydrogen-bond acceptors (Lipinski definition) is 2. The lowest BCUT2D eigenvalue weighted by Crippen LogP contribution is -2.20. The van der Waals surface area contributed by atoms with Crippen molar-refractivity contribution in [2.45, 2.75) is 39.0 Å². The third-order valence-electron chi connectivity index (χ3n) is 3.38. The maximum absolute atomic E-state index is 12.9. The van der Waals surface area contributed by atoms with Crippen molar-refractivity contribution in [1.82, 2.24) is 5.32 Å². The van der Waals surface area contributed by atoms with Crippen LogP contribution in [0.2, 0.25) is 0 Å². The SMILES string of the molecule is CCc1ccc(C(C)NCc2ccccc2C(F)(F)F)s1. The van der Waals surface area contributed by atoms with Crippen molar-refractivity contribution in [3.63, 3.8) is 0 Å². The van der Waals surface area contributed by atoms with Gasteiger partial charge in [0.1, 0.15) is 0 Å². The number of aryl methyl sites for hydroxylation is 1. The van der Waals surface area contributed by atoms with Crippen LogP contribution < -0.4 is 5.32 Å². The Bertz CT molecular complexity index is 589. The van der Waals surface area contributed by atoms with Gasteiger partial charge in [-0.2, -0.15) is 13.2 Å². The molecule has 114 valence electrons. The van der Waals surface area contributed by atoms with Gasteiger partial charge in [0.05, 0.1) is 5.56 Å². The number of halogens is 3. The first-order valence-electron chi connectivity index (χ1n) is 6.89. The van der Waals surface area contributed by atoms with E-state index >= 15 is 0 Å². The number of rotatable bonds is 5. The monoisotopic (exact) mass is 313 g/mol. The molecule has 1 aromatic carbocycles. The van der Waals surface area contributed by atoms with Crippen LogP contribution in [-0.4, -0.2) is 0 Å². The van der Waals surface area contributed by atoms with E-state index in [9.17, 15) is 13.2 Å². The molecule has 0 fully saturated rings. The highest BCUT2D eigenvalue weighted by Gasteiger charge is 2.32. The first-order chi connectivity index (χ1) is 9.91. The molecule has 1 nitrogen and oxygen atoms in total. The van der Waals surface area contributed by atoms with E-state index in [2.05, 4.69) is 18.3 Å². The van der Waals surface area contributed by atoms with E-state index in [-0.39, 0.29) is 18.2 Å². The van der Waals surface area contributed by atoms with Crippen LogP contribution in [0.25, 0.3) is 0 Å². The Morgan fingerprint density at radius 2 is 1.86 bits per heavy atom. The average molecular weight is 313 g/mol. The quantitative estimate of drug-likeness (QED) is 0.802. The maximum Gasteiger partial charge on any atom is 0.416 e. The van der Waals surface area contributed by atoms with Crippen molar-refractivity contribution < 1.29 is 13.2 Å². The summed E-state index contributed by atoms with van der Waals surface area (Å²) in [6.07, 6.45) is -3.33. The maximum atomic E-state index is 12.9. The summed E-state index contributed by atoms with van der Waals surface area (Å²) in [6.45, 7) is 4.27. The molecular formula is C16H18F3NS. The zero-order valence-electron chi connectivity index (χ0n) is 12.0. The van der Waals surface area contributed by atoms with Crippen molar-refractivity contribution in [3.8, 4) is 0 Å². The van der Waals surface area contributed by atoms with Crippen molar-refractivity contribution in [1.29, 1.82) is 0 Å². The van der Waals surface area contributed by atoms with Crippen LogP contribution in [0.4, 0.5) is 13.2 Å². The molecule has 0 amide bonds. The highest BCUT2D eigenvalue weighted by molar-refractivity contribution is 7.12. The van der Waals surface area contributed by atoms with E-state index in [1.807, 2.05) is 13.0 Å². The molecule has 1 N–H and O–H groups in total. The summed E-state index contributed by atoms with van der Waals surface area (Å²) >= 11 is 1.70. The predicted molar refractivity (Wildman–Crippen MR) is 80.4 cm³/mol. The van der Waals surface area contributed by atoms with Gasteiger partial charge in [0.25, 0.3) is 0 Å². The predicted octanol–water partition coefficient (Wildman–Crippen LogP) is 5.18. The third kappa shape index (κ3) is 4.08. The molecule has 1 unspecified atom stereocenters. The van der Waals surface area contributed by atoms with Crippen molar-refractivity contribution in [2.24, 2.45) is 0 Å². The van der Waals surface area contributed by atoms with E-state index in [4.69, 9.17) is 0 Å². The summed E-state index contributed by atoms with van der Waals surface area (Å²) in [6, 6.07) is 9.85. The van der Waals surface area contributed by atoms with Crippen molar-refractivity contribution in [3.05, 3.63) is 57.3 Å². The van der Waals surface area contributed by atoms with Crippen LogP contribution in [0, 0.1) is 0 Å². The van der Waals surface area contributed by atoms with Crippen LogP contribution in [-0.2, 0) is 19.1 Å². The molecule has 1 aromatic heterocycles. The van der Waals surface area contributed by atoms with Gasteiger partial charge in [0.2, 0.25) is 0 Å². The van der Waals surface area contributed by atoms with E-state index in [0.29, 0.717) is 0 Å². The molecule has 2 aromatic rings. The summed E-state index contributed by atoms with van der Waals surface area (Å²) in [5, 5.41) is 3.18. The van der Waals surface area contributed by atoms with Crippen molar-refractivity contribution >= 4 is 11.3 Å². The molecule has 1 heterocycles. The van der Waals surface area contributed by atoms with Crippen LogP contribution >= 0.6 is 11.3 Å². The van der Waals surface area contributed by atoms with Gasteiger partial charge in [0.15, 0.2) is 0 Å². The molecule has 0 aliphatic carbocycles. The second kappa shape index (κ2) is 6.62. The minimum Gasteiger partial charge on any atom is -0.305 e. The molecule has 0 bridgehead atoms. The third-order valence-corrected chi connectivity index (χ3v) is 4.79. The molecule has 0 saturated carbocycles. The zero-order valence-corrected chi connectivity index (χ0v) is 12.8. The van der Waals surface area contributed by atoms with Crippen LogP contribution in [0.5, 0.6) is 0 Å². The fraction of sp³-hybridized carbons (Fsp3) is 0.375. The van der Waals surface area contributed by atoms with E-state index in [1.165, 1.54) is 17.0 Å². The minimum absolute atomic E-state index is 0.0385. The molecule has 2 rings (SSSR count). The van der Waals surface area contributed by atoms with Crippen LogP contribution in [0.15, 0.2) is 36.4 Å². The second-order valence-corrected chi connectivity index (χ2v) is 6.12. The average Bonchev–Trinajstić information content (AvgIpc) is 2.93. The smallest absolute Gasteiger partial charge is 0.305 e. The van der Waals surface area contributed by atoms with Crippen LogP contribution in [0.3, 0.4) is 0 Å². The van der Waals surface area contributed by atoms with Crippen molar-refractivity contribution in [2.75, 3.05) is 0 Å². The number of alkyl halides is 3. The first-order valence-corrected chi connectivity index (χ1v) is 7.70. The molecule has 0 saturated heterocycles. The van der Waals surface area contributed by atoms with Gasteiger partial charge in [0, 0.05) is 22.3 Å². The number of hydrogen-bond donors (Lipinski definition) is 1.